The van der Waals surface area contributed by atoms with Crippen molar-refractivity contribution in [1.29, 1.82) is 0 Å². The van der Waals surface area contributed by atoms with Crippen LogP contribution in [0.25, 0.3) is 0 Å². The monoisotopic (exact) mass is 464 g/mol. The number of nitrogens with zero attached hydrogens (tertiary/aromatic N) is 1. The van der Waals surface area contributed by atoms with Crippen molar-refractivity contribution in [3.63, 3.8) is 0 Å². The van der Waals surface area contributed by atoms with Crippen LogP contribution in [0.15, 0.2) is 41.3 Å². The minimum Gasteiger partial charge on any atom is -0.462 e. The van der Waals surface area contributed by atoms with Crippen LogP contribution >= 0.6 is 11.6 Å². The third kappa shape index (κ3) is 5.26. The van der Waals surface area contributed by atoms with Crippen LogP contribution in [-0.2, 0) is 14.8 Å². The zero-order chi connectivity index (χ0) is 22.6. The number of rotatable bonds is 6. The highest BCUT2D eigenvalue weighted by molar-refractivity contribution is 7.89. The van der Waals surface area contributed by atoms with E-state index in [2.05, 4.69) is 5.32 Å². The van der Waals surface area contributed by atoms with E-state index in [9.17, 15) is 18.0 Å². The molecule has 0 atom stereocenters. The number of sulfonamides is 1. The van der Waals surface area contributed by atoms with Gasteiger partial charge in [0, 0.05) is 24.3 Å². The molecule has 3 rings (SSSR count). The van der Waals surface area contributed by atoms with Crippen molar-refractivity contribution < 1.29 is 22.7 Å². The topological polar surface area (TPSA) is 92.8 Å². The summed E-state index contributed by atoms with van der Waals surface area (Å²) < 4.78 is 32.4. The van der Waals surface area contributed by atoms with Crippen LogP contribution in [0, 0.1) is 6.92 Å². The summed E-state index contributed by atoms with van der Waals surface area (Å²) in [5.41, 5.74) is 1.75. The molecule has 0 unspecified atom stereocenters. The summed E-state index contributed by atoms with van der Waals surface area (Å²) in [5.74, 6) is -0.910. The lowest BCUT2D eigenvalue weighted by atomic mass is 10.1. The number of aryl methyl sites for hydroxylation is 1. The summed E-state index contributed by atoms with van der Waals surface area (Å²) in [6.45, 7) is 4.65. The van der Waals surface area contributed by atoms with Gasteiger partial charge in [-0.25, -0.2) is 13.2 Å². The van der Waals surface area contributed by atoms with Crippen LogP contribution in [0.2, 0.25) is 5.02 Å². The average Bonchev–Trinajstić information content (AvgIpc) is 2.76. The fraction of sp³-hybridized carbons (Fsp3) is 0.364. The lowest BCUT2D eigenvalue weighted by molar-refractivity contribution is 0.0526. The standard InChI is InChI=1S/C22H25ClN2O5S/c1-3-30-22(27)17-8-10-19(15(2)13-17)24-21(26)16-7-9-18(23)20(14-16)31(28,29)25-11-5-4-6-12-25/h7-10,13-14H,3-6,11-12H2,1-2H3,(H,24,26). The van der Waals surface area contributed by atoms with Crippen molar-refractivity contribution in [1.82, 2.24) is 4.31 Å². The predicted molar refractivity (Wildman–Crippen MR) is 119 cm³/mol. The molecule has 7 nitrogen and oxygen atoms in total. The van der Waals surface area contributed by atoms with Crippen molar-refractivity contribution in [2.24, 2.45) is 0 Å². The number of nitrogens with one attached hydrogen (secondary N) is 1. The van der Waals surface area contributed by atoms with Crippen LogP contribution in [0.4, 0.5) is 5.69 Å². The molecule has 0 spiro atoms. The lowest BCUT2D eigenvalue weighted by Crippen LogP contribution is -2.35. The quantitative estimate of drug-likeness (QED) is 0.645. The molecule has 1 aliphatic heterocycles. The van der Waals surface area contributed by atoms with Crippen LogP contribution < -0.4 is 5.32 Å². The highest BCUT2D eigenvalue weighted by atomic mass is 35.5. The van der Waals surface area contributed by atoms with Gasteiger partial charge >= 0.3 is 5.97 Å². The molecule has 1 aliphatic rings. The Morgan fingerprint density at radius 1 is 1.06 bits per heavy atom. The Balaban J connectivity index is 1.83. The lowest BCUT2D eigenvalue weighted by Gasteiger charge is -2.26. The molecular formula is C22H25ClN2O5S. The SMILES string of the molecule is CCOC(=O)c1ccc(NC(=O)c2ccc(Cl)c(S(=O)(=O)N3CCCCC3)c2)c(C)c1. The minimum absolute atomic E-state index is 0.0712. The van der Waals surface area contributed by atoms with Crippen LogP contribution in [-0.4, -0.2) is 44.3 Å². The Kier molecular flexibility index (Phi) is 7.35. The molecule has 2 aromatic rings. The Hall–Kier alpha value is -2.42. The van der Waals surface area contributed by atoms with Gasteiger partial charge in [-0.05, 0) is 68.7 Å². The number of ether oxygens (including phenoxy) is 1. The molecule has 0 saturated carbocycles. The summed E-state index contributed by atoms with van der Waals surface area (Å²) in [7, 11) is -3.78. The Morgan fingerprint density at radius 3 is 2.39 bits per heavy atom. The van der Waals surface area contributed by atoms with Crippen molar-refractivity contribution in [2.45, 2.75) is 38.0 Å². The van der Waals surface area contributed by atoms with Gasteiger partial charge in [-0.3, -0.25) is 4.79 Å². The Bertz CT molecular complexity index is 1100. The molecule has 0 bridgehead atoms. The third-order valence-corrected chi connectivity index (χ3v) is 7.49. The second-order valence-electron chi connectivity index (χ2n) is 7.31. The first-order chi connectivity index (χ1) is 14.7. The van der Waals surface area contributed by atoms with Crippen LogP contribution in [0.3, 0.4) is 0 Å². The highest BCUT2D eigenvalue weighted by Gasteiger charge is 2.28. The molecule has 0 radical (unpaired) electrons. The second-order valence-corrected chi connectivity index (χ2v) is 9.63. The number of piperidine rings is 1. The first kappa shape index (κ1) is 23.2. The van der Waals surface area contributed by atoms with E-state index in [-0.39, 0.29) is 22.1 Å². The second kappa shape index (κ2) is 9.80. The molecular weight excluding hydrogens is 440 g/mol. The molecule has 9 heteroatoms. The van der Waals surface area contributed by atoms with Crippen molar-refractivity contribution in [3.8, 4) is 0 Å². The summed E-state index contributed by atoms with van der Waals surface area (Å²) in [6.07, 6.45) is 2.60. The number of hydrogen-bond acceptors (Lipinski definition) is 5. The molecule has 1 fully saturated rings. The van der Waals surface area contributed by atoms with Gasteiger partial charge in [0.05, 0.1) is 17.2 Å². The number of carbonyl (C=O) groups excluding carboxylic acids is 2. The van der Waals surface area contributed by atoms with E-state index in [1.54, 1.807) is 32.0 Å². The number of anilines is 1. The summed E-state index contributed by atoms with van der Waals surface area (Å²) >= 11 is 6.18. The molecule has 0 aliphatic carbocycles. The minimum atomic E-state index is -3.78. The van der Waals surface area contributed by atoms with Gasteiger partial charge in [0.15, 0.2) is 0 Å². The van der Waals surface area contributed by atoms with E-state index in [1.807, 2.05) is 0 Å². The molecule has 2 aromatic carbocycles. The predicted octanol–water partition coefficient (Wildman–Crippen LogP) is 4.25. The van der Waals surface area contributed by atoms with Gasteiger partial charge in [-0.1, -0.05) is 18.0 Å². The summed E-state index contributed by atoms with van der Waals surface area (Å²) in [5, 5.41) is 2.84. The molecule has 1 N–H and O–H groups in total. The number of amides is 1. The van der Waals surface area contributed by atoms with Crippen LogP contribution in [0.5, 0.6) is 0 Å². The van der Waals surface area contributed by atoms with E-state index < -0.39 is 21.9 Å². The molecule has 1 amide bonds. The van der Waals surface area contributed by atoms with E-state index >= 15 is 0 Å². The number of esters is 1. The Morgan fingerprint density at radius 2 is 1.74 bits per heavy atom. The van der Waals surface area contributed by atoms with E-state index in [0.29, 0.717) is 29.9 Å². The number of halogens is 1. The van der Waals surface area contributed by atoms with Gasteiger partial charge in [-0.15, -0.1) is 0 Å². The first-order valence-corrected chi connectivity index (χ1v) is 11.9. The van der Waals surface area contributed by atoms with E-state index in [0.717, 1.165) is 19.3 Å². The Labute approximate surface area is 187 Å². The maximum Gasteiger partial charge on any atom is 0.338 e. The molecule has 31 heavy (non-hydrogen) atoms. The van der Waals surface area contributed by atoms with Crippen LogP contribution in [0.1, 0.15) is 52.5 Å². The molecule has 1 saturated heterocycles. The maximum absolute atomic E-state index is 13.0. The molecule has 166 valence electrons. The number of hydrogen-bond donors (Lipinski definition) is 1. The van der Waals surface area contributed by atoms with Crippen molar-refractivity contribution in [2.75, 3.05) is 25.0 Å². The van der Waals surface area contributed by atoms with Gasteiger partial charge in [0.25, 0.3) is 5.91 Å². The summed E-state index contributed by atoms with van der Waals surface area (Å²) in [6, 6.07) is 9.01. The maximum atomic E-state index is 13.0. The normalized spacial score (nSPS) is 14.8. The zero-order valence-corrected chi connectivity index (χ0v) is 19.1. The van der Waals surface area contributed by atoms with Gasteiger partial charge in [-0.2, -0.15) is 4.31 Å². The fourth-order valence-corrected chi connectivity index (χ4v) is 5.44. The largest absolute Gasteiger partial charge is 0.462 e. The first-order valence-electron chi connectivity index (χ1n) is 10.1. The van der Waals surface area contributed by atoms with Crippen molar-refractivity contribution in [3.05, 3.63) is 58.1 Å². The fourth-order valence-electron chi connectivity index (χ4n) is 3.43. The molecule has 1 heterocycles. The third-order valence-electron chi connectivity index (χ3n) is 5.11. The van der Waals surface area contributed by atoms with Gasteiger partial charge in [0.2, 0.25) is 10.0 Å². The van der Waals surface area contributed by atoms with E-state index in [4.69, 9.17) is 16.3 Å². The highest BCUT2D eigenvalue weighted by Crippen LogP contribution is 2.28. The molecule has 0 aromatic heterocycles. The average molecular weight is 465 g/mol. The van der Waals surface area contributed by atoms with Crippen molar-refractivity contribution >= 4 is 39.2 Å². The zero-order valence-electron chi connectivity index (χ0n) is 17.5. The van der Waals surface area contributed by atoms with E-state index in [1.165, 1.54) is 22.5 Å². The summed E-state index contributed by atoms with van der Waals surface area (Å²) in [4.78, 5) is 24.6. The number of benzene rings is 2. The smallest absolute Gasteiger partial charge is 0.338 e. The van der Waals surface area contributed by atoms with Gasteiger partial charge in [0.1, 0.15) is 4.90 Å². The van der Waals surface area contributed by atoms with Gasteiger partial charge < -0.3 is 10.1 Å². The number of carbonyl (C=O) groups is 2.